The van der Waals surface area contributed by atoms with Crippen LogP contribution in [0.15, 0.2) is 0 Å². The van der Waals surface area contributed by atoms with Gasteiger partial charge in [-0.15, -0.1) is 0 Å². The van der Waals surface area contributed by atoms with Gasteiger partial charge in [-0.1, -0.05) is 6.92 Å². The fourth-order valence-corrected chi connectivity index (χ4v) is 1.03. The number of ether oxygens (including phenoxy) is 2. The first-order valence-corrected chi connectivity index (χ1v) is 4.40. The Hall–Kier alpha value is -1.10. The van der Waals surface area contributed by atoms with E-state index in [2.05, 4.69) is 9.47 Å². The lowest BCUT2D eigenvalue weighted by molar-refractivity contribution is -0.145. The van der Waals surface area contributed by atoms with Crippen molar-refractivity contribution in [3.8, 4) is 0 Å². The van der Waals surface area contributed by atoms with Crippen molar-refractivity contribution in [2.24, 2.45) is 5.73 Å². The summed E-state index contributed by atoms with van der Waals surface area (Å²) in [5.74, 6) is -0.837. The van der Waals surface area contributed by atoms with Crippen LogP contribution in [0, 0.1) is 0 Å². The molecule has 0 aromatic heterocycles. The molecule has 0 aromatic rings. The van der Waals surface area contributed by atoms with Gasteiger partial charge in [-0.05, 0) is 6.42 Å². The van der Waals surface area contributed by atoms with E-state index in [1.54, 1.807) is 0 Å². The third-order valence-corrected chi connectivity index (χ3v) is 2.15. The third kappa shape index (κ3) is 4.23. The molecule has 5 nitrogen and oxygen atoms in total. The molecule has 0 aliphatic carbocycles. The van der Waals surface area contributed by atoms with Crippen molar-refractivity contribution >= 4 is 11.9 Å². The summed E-state index contributed by atoms with van der Waals surface area (Å²) in [4.78, 5) is 22.0. The zero-order valence-corrected chi connectivity index (χ0v) is 8.83. The zero-order valence-electron chi connectivity index (χ0n) is 8.83. The minimum absolute atomic E-state index is 0.0229. The van der Waals surface area contributed by atoms with E-state index < -0.39 is 17.5 Å². The number of carbonyl (C=O) groups is 2. The Bertz CT molecular complexity index is 197. The van der Waals surface area contributed by atoms with Gasteiger partial charge >= 0.3 is 11.9 Å². The zero-order chi connectivity index (χ0) is 11.2. The highest BCUT2D eigenvalue weighted by molar-refractivity contribution is 5.75. The van der Waals surface area contributed by atoms with Crippen molar-refractivity contribution in [1.29, 1.82) is 0 Å². The monoisotopic (exact) mass is 203 g/mol. The van der Waals surface area contributed by atoms with Gasteiger partial charge in [0.1, 0.15) is 0 Å². The molecule has 0 atom stereocenters. The first-order chi connectivity index (χ1) is 6.47. The fourth-order valence-electron chi connectivity index (χ4n) is 1.03. The minimum atomic E-state index is -0.861. The van der Waals surface area contributed by atoms with Crippen molar-refractivity contribution in [2.75, 3.05) is 14.2 Å². The van der Waals surface area contributed by atoms with Crippen LogP contribution in [0.5, 0.6) is 0 Å². The predicted octanol–water partition coefficient (Wildman–Crippen LogP) is 0.220. The lowest BCUT2D eigenvalue weighted by atomic mass is 9.89. The lowest BCUT2D eigenvalue weighted by Crippen LogP contribution is -2.43. The van der Waals surface area contributed by atoms with Crippen molar-refractivity contribution in [2.45, 2.75) is 31.7 Å². The van der Waals surface area contributed by atoms with Gasteiger partial charge in [-0.25, -0.2) is 0 Å². The molecule has 0 rings (SSSR count). The van der Waals surface area contributed by atoms with Crippen LogP contribution >= 0.6 is 0 Å². The Morgan fingerprint density at radius 3 is 1.71 bits per heavy atom. The van der Waals surface area contributed by atoms with Gasteiger partial charge in [0, 0.05) is 5.54 Å². The number of carbonyl (C=O) groups excluding carboxylic acids is 2. The van der Waals surface area contributed by atoms with E-state index in [1.807, 2.05) is 6.92 Å². The SMILES string of the molecule is CCC(N)(CC(=O)OC)CC(=O)OC. The molecule has 0 aromatic carbocycles. The van der Waals surface area contributed by atoms with Crippen molar-refractivity contribution < 1.29 is 19.1 Å². The van der Waals surface area contributed by atoms with Crippen LogP contribution in [0.4, 0.5) is 0 Å². The minimum Gasteiger partial charge on any atom is -0.469 e. The summed E-state index contributed by atoms with van der Waals surface area (Å²) in [6, 6.07) is 0. The number of hydrogen-bond donors (Lipinski definition) is 1. The molecule has 0 aliphatic heterocycles. The molecule has 5 heteroatoms. The molecule has 14 heavy (non-hydrogen) atoms. The van der Waals surface area contributed by atoms with E-state index >= 15 is 0 Å². The van der Waals surface area contributed by atoms with Crippen LogP contribution in [-0.4, -0.2) is 31.7 Å². The Labute approximate surface area is 83.5 Å². The number of rotatable bonds is 5. The second-order valence-electron chi connectivity index (χ2n) is 3.22. The molecule has 0 fully saturated rings. The second kappa shape index (κ2) is 5.59. The normalized spacial score (nSPS) is 10.9. The fraction of sp³-hybridized carbons (Fsp3) is 0.778. The van der Waals surface area contributed by atoms with E-state index in [4.69, 9.17) is 5.73 Å². The molecular weight excluding hydrogens is 186 g/mol. The van der Waals surface area contributed by atoms with Gasteiger partial charge in [0.15, 0.2) is 0 Å². The van der Waals surface area contributed by atoms with Crippen LogP contribution < -0.4 is 5.73 Å². The Balaban J connectivity index is 4.31. The lowest BCUT2D eigenvalue weighted by Gasteiger charge is -2.25. The smallest absolute Gasteiger partial charge is 0.307 e. The van der Waals surface area contributed by atoms with Gasteiger partial charge < -0.3 is 15.2 Å². The number of methoxy groups -OCH3 is 2. The number of esters is 2. The van der Waals surface area contributed by atoms with Crippen LogP contribution in [-0.2, 0) is 19.1 Å². The van der Waals surface area contributed by atoms with Crippen molar-refractivity contribution in [1.82, 2.24) is 0 Å². The third-order valence-electron chi connectivity index (χ3n) is 2.15. The molecule has 0 saturated heterocycles. The quantitative estimate of drug-likeness (QED) is 0.646. The Morgan fingerprint density at radius 2 is 1.50 bits per heavy atom. The van der Waals surface area contributed by atoms with E-state index in [1.165, 1.54) is 14.2 Å². The first-order valence-electron chi connectivity index (χ1n) is 4.40. The molecule has 0 heterocycles. The highest BCUT2D eigenvalue weighted by atomic mass is 16.5. The summed E-state index contributed by atoms with van der Waals surface area (Å²) in [7, 11) is 2.58. The molecule has 0 amide bonds. The molecule has 0 bridgehead atoms. The molecule has 0 aliphatic rings. The Morgan fingerprint density at radius 1 is 1.14 bits per heavy atom. The molecule has 0 spiro atoms. The largest absolute Gasteiger partial charge is 0.469 e. The van der Waals surface area contributed by atoms with Gasteiger partial charge in [0.2, 0.25) is 0 Å². The summed E-state index contributed by atoms with van der Waals surface area (Å²) in [6.07, 6.45) is 0.557. The summed E-state index contributed by atoms with van der Waals surface area (Å²) >= 11 is 0. The predicted molar refractivity (Wildman–Crippen MR) is 50.5 cm³/mol. The van der Waals surface area contributed by atoms with Crippen LogP contribution in [0.3, 0.4) is 0 Å². The van der Waals surface area contributed by atoms with E-state index in [9.17, 15) is 9.59 Å². The van der Waals surface area contributed by atoms with Crippen LogP contribution in [0.2, 0.25) is 0 Å². The van der Waals surface area contributed by atoms with E-state index in [0.717, 1.165) is 0 Å². The maximum atomic E-state index is 11.0. The Kier molecular flexibility index (Phi) is 5.15. The van der Waals surface area contributed by atoms with Gasteiger partial charge in [-0.2, -0.15) is 0 Å². The average Bonchev–Trinajstić information content (AvgIpc) is 2.17. The molecular formula is C9H17NO4. The topological polar surface area (TPSA) is 78.6 Å². The average molecular weight is 203 g/mol. The first kappa shape index (κ1) is 12.9. The molecule has 0 radical (unpaired) electrons. The summed E-state index contributed by atoms with van der Waals surface area (Å²) in [5, 5.41) is 0. The number of nitrogens with two attached hydrogens (primary N) is 1. The van der Waals surface area contributed by atoms with Crippen molar-refractivity contribution in [3.63, 3.8) is 0 Å². The molecule has 0 unspecified atom stereocenters. The van der Waals surface area contributed by atoms with Gasteiger partial charge in [-0.3, -0.25) is 9.59 Å². The molecule has 82 valence electrons. The maximum absolute atomic E-state index is 11.0. The molecule has 0 saturated carbocycles. The van der Waals surface area contributed by atoms with Gasteiger partial charge in [0.25, 0.3) is 0 Å². The highest BCUT2D eigenvalue weighted by Gasteiger charge is 2.30. The number of hydrogen-bond acceptors (Lipinski definition) is 5. The van der Waals surface area contributed by atoms with E-state index in [0.29, 0.717) is 6.42 Å². The summed E-state index contributed by atoms with van der Waals surface area (Å²) < 4.78 is 8.98. The highest BCUT2D eigenvalue weighted by Crippen LogP contribution is 2.17. The van der Waals surface area contributed by atoms with Gasteiger partial charge in [0.05, 0.1) is 27.1 Å². The standard InChI is InChI=1S/C9H17NO4/c1-4-9(10,5-7(11)13-2)6-8(12)14-3/h4-6,10H2,1-3H3. The van der Waals surface area contributed by atoms with E-state index in [-0.39, 0.29) is 12.8 Å². The van der Waals surface area contributed by atoms with Crippen LogP contribution in [0.1, 0.15) is 26.2 Å². The summed E-state index contributed by atoms with van der Waals surface area (Å²) in [5.41, 5.74) is 4.99. The maximum Gasteiger partial charge on any atom is 0.307 e. The van der Waals surface area contributed by atoms with Crippen LogP contribution in [0.25, 0.3) is 0 Å². The second-order valence-corrected chi connectivity index (χ2v) is 3.22. The van der Waals surface area contributed by atoms with Crippen molar-refractivity contribution in [3.05, 3.63) is 0 Å². The summed E-state index contributed by atoms with van der Waals surface area (Å²) in [6.45, 7) is 1.81. The molecule has 2 N–H and O–H groups in total.